The quantitative estimate of drug-likeness (QED) is 0.907. The number of hydrogen-bond acceptors (Lipinski definition) is 3. The van der Waals surface area contributed by atoms with Gasteiger partial charge in [0.25, 0.3) is 0 Å². The van der Waals surface area contributed by atoms with E-state index in [1.165, 1.54) is 30.0 Å². The van der Waals surface area contributed by atoms with Crippen LogP contribution in [0.15, 0.2) is 24.3 Å². The van der Waals surface area contributed by atoms with Gasteiger partial charge in [-0.2, -0.15) is 11.8 Å². The van der Waals surface area contributed by atoms with Crippen LogP contribution in [0.4, 0.5) is 0 Å². The maximum atomic E-state index is 6.32. The van der Waals surface area contributed by atoms with Gasteiger partial charge in [-0.15, -0.1) is 0 Å². The minimum absolute atomic E-state index is 0.177. The van der Waals surface area contributed by atoms with Gasteiger partial charge in [-0.1, -0.05) is 31.2 Å². The molecule has 2 unspecified atom stereocenters. The Morgan fingerprint density at radius 2 is 2.22 bits per heavy atom. The van der Waals surface area contributed by atoms with Crippen LogP contribution in [0, 0.1) is 6.92 Å². The molecule has 1 aromatic rings. The Hall–Kier alpha value is -0.510. The monoisotopic (exact) mass is 264 g/mol. The van der Waals surface area contributed by atoms with Crippen LogP contribution in [0.1, 0.15) is 30.5 Å². The van der Waals surface area contributed by atoms with E-state index in [-0.39, 0.29) is 6.04 Å². The predicted octanol–water partition coefficient (Wildman–Crippen LogP) is 2.82. The fourth-order valence-electron chi connectivity index (χ4n) is 2.57. The largest absolute Gasteiger partial charge is 0.324 e. The van der Waals surface area contributed by atoms with Gasteiger partial charge in [-0.05, 0) is 24.5 Å². The molecule has 0 radical (unpaired) electrons. The Morgan fingerprint density at radius 3 is 2.94 bits per heavy atom. The van der Waals surface area contributed by atoms with Crippen LogP contribution in [0.2, 0.25) is 0 Å². The second-order valence-corrected chi connectivity index (χ2v) is 6.78. The smallest absolute Gasteiger partial charge is 0.0309 e. The molecule has 1 aliphatic rings. The highest BCUT2D eigenvalue weighted by Gasteiger charge is 2.17. The maximum absolute atomic E-state index is 6.32. The average molecular weight is 264 g/mol. The zero-order chi connectivity index (χ0) is 13.0. The molecule has 18 heavy (non-hydrogen) atoms. The number of hydrogen-bond donors (Lipinski definition) is 1. The first kappa shape index (κ1) is 13.9. The lowest BCUT2D eigenvalue weighted by Gasteiger charge is -2.31. The van der Waals surface area contributed by atoms with Crippen molar-refractivity contribution >= 4 is 11.8 Å². The van der Waals surface area contributed by atoms with Gasteiger partial charge in [0.1, 0.15) is 0 Å². The highest BCUT2D eigenvalue weighted by atomic mass is 32.2. The minimum Gasteiger partial charge on any atom is -0.324 e. The Bertz CT molecular complexity index is 381. The van der Waals surface area contributed by atoms with E-state index in [4.69, 9.17) is 5.73 Å². The van der Waals surface area contributed by atoms with Gasteiger partial charge in [0.15, 0.2) is 0 Å². The van der Waals surface area contributed by atoms with E-state index in [2.05, 4.69) is 54.8 Å². The number of nitrogens with zero attached hydrogens (tertiary/aromatic N) is 1. The number of aryl methyl sites for hydroxylation is 1. The van der Waals surface area contributed by atoms with Gasteiger partial charge in [0.2, 0.25) is 0 Å². The zero-order valence-corrected chi connectivity index (χ0v) is 12.2. The normalized spacial score (nSPS) is 22.9. The van der Waals surface area contributed by atoms with Crippen molar-refractivity contribution in [1.29, 1.82) is 0 Å². The number of nitrogens with two attached hydrogens (primary N) is 1. The zero-order valence-electron chi connectivity index (χ0n) is 11.4. The van der Waals surface area contributed by atoms with E-state index >= 15 is 0 Å². The fraction of sp³-hybridized carbons (Fsp3) is 0.600. The van der Waals surface area contributed by atoms with Gasteiger partial charge in [0.05, 0.1) is 0 Å². The van der Waals surface area contributed by atoms with Gasteiger partial charge < -0.3 is 10.6 Å². The van der Waals surface area contributed by atoms with Crippen molar-refractivity contribution in [2.75, 3.05) is 25.4 Å². The molecule has 1 aliphatic heterocycles. The summed E-state index contributed by atoms with van der Waals surface area (Å²) in [4.78, 5) is 2.55. The first-order chi connectivity index (χ1) is 8.66. The van der Waals surface area contributed by atoms with E-state index in [1.807, 2.05) is 0 Å². The summed E-state index contributed by atoms with van der Waals surface area (Å²) in [5.41, 5.74) is 8.93. The van der Waals surface area contributed by atoms with Crippen LogP contribution in [-0.4, -0.2) is 35.5 Å². The third-order valence-corrected chi connectivity index (χ3v) is 4.81. The van der Waals surface area contributed by atoms with Crippen LogP contribution < -0.4 is 5.73 Å². The van der Waals surface area contributed by atoms with Crippen molar-refractivity contribution in [2.24, 2.45) is 5.73 Å². The molecule has 0 aromatic heterocycles. The standard InChI is InChI=1S/C15H24N2S/c1-12-5-3-4-6-14(12)15(16)7-8-17-9-10-18-13(2)11-17/h3-6,13,15H,7-11,16H2,1-2H3. The van der Waals surface area contributed by atoms with E-state index in [0.29, 0.717) is 0 Å². The molecule has 1 aromatic carbocycles. The number of rotatable bonds is 4. The van der Waals surface area contributed by atoms with Crippen molar-refractivity contribution in [3.8, 4) is 0 Å². The molecule has 2 rings (SSSR count). The fourth-order valence-corrected chi connectivity index (χ4v) is 3.66. The van der Waals surface area contributed by atoms with Crippen LogP contribution in [-0.2, 0) is 0 Å². The molecule has 1 saturated heterocycles. The summed E-state index contributed by atoms with van der Waals surface area (Å²) in [6.07, 6.45) is 1.06. The summed E-state index contributed by atoms with van der Waals surface area (Å²) in [6.45, 7) is 8.02. The summed E-state index contributed by atoms with van der Waals surface area (Å²) < 4.78 is 0. The molecule has 0 aliphatic carbocycles. The molecule has 3 heteroatoms. The predicted molar refractivity (Wildman–Crippen MR) is 81.1 cm³/mol. The van der Waals surface area contributed by atoms with Crippen molar-refractivity contribution in [3.05, 3.63) is 35.4 Å². The summed E-state index contributed by atoms with van der Waals surface area (Å²) in [7, 11) is 0. The van der Waals surface area contributed by atoms with Crippen molar-refractivity contribution < 1.29 is 0 Å². The highest BCUT2D eigenvalue weighted by Crippen LogP contribution is 2.21. The molecule has 1 fully saturated rings. The number of benzene rings is 1. The molecule has 2 N–H and O–H groups in total. The molecule has 0 saturated carbocycles. The second kappa shape index (κ2) is 6.60. The molecule has 0 amide bonds. The summed E-state index contributed by atoms with van der Waals surface area (Å²) in [6, 6.07) is 8.65. The van der Waals surface area contributed by atoms with Crippen LogP contribution >= 0.6 is 11.8 Å². The van der Waals surface area contributed by atoms with E-state index in [9.17, 15) is 0 Å². The SMILES string of the molecule is Cc1ccccc1C(N)CCN1CCSC(C)C1. The minimum atomic E-state index is 0.177. The first-order valence-electron chi connectivity index (χ1n) is 6.82. The molecular weight excluding hydrogens is 240 g/mol. The van der Waals surface area contributed by atoms with Crippen molar-refractivity contribution in [1.82, 2.24) is 4.90 Å². The third-order valence-electron chi connectivity index (χ3n) is 3.67. The Morgan fingerprint density at radius 1 is 1.44 bits per heavy atom. The van der Waals surface area contributed by atoms with Gasteiger partial charge in [-0.25, -0.2) is 0 Å². The van der Waals surface area contributed by atoms with Crippen molar-refractivity contribution in [3.63, 3.8) is 0 Å². The molecule has 1 heterocycles. The van der Waals surface area contributed by atoms with E-state index in [1.54, 1.807) is 0 Å². The van der Waals surface area contributed by atoms with Gasteiger partial charge >= 0.3 is 0 Å². The van der Waals surface area contributed by atoms with Gasteiger partial charge in [0, 0.05) is 36.7 Å². The summed E-state index contributed by atoms with van der Waals surface area (Å²) >= 11 is 2.08. The lowest BCUT2D eigenvalue weighted by molar-refractivity contribution is 0.275. The molecule has 2 atom stereocenters. The lowest BCUT2D eigenvalue weighted by atomic mass is 9.99. The molecule has 0 spiro atoms. The Labute approximate surface area is 115 Å². The molecular formula is C15H24N2S. The summed E-state index contributed by atoms with van der Waals surface area (Å²) in [5.74, 6) is 1.26. The highest BCUT2D eigenvalue weighted by molar-refractivity contribution is 7.99. The molecule has 2 nitrogen and oxygen atoms in total. The maximum Gasteiger partial charge on any atom is 0.0309 e. The average Bonchev–Trinajstić information content (AvgIpc) is 2.37. The second-order valence-electron chi connectivity index (χ2n) is 5.23. The summed E-state index contributed by atoms with van der Waals surface area (Å²) in [5, 5.41) is 0.772. The van der Waals surface area contributed by atoms with E-state index in [0.717, 1.165) is 18.2 Å². The van der Waals surface area contributed by atoms with Gasteiger partial charge in [-0.3, -0.25) is 0 Å². The lowest BCUT2D eigenvalue weighted by Crippen LogP contribution is -2.38. The van der Waals surface area contributed by atoms with Crippen LogP contribution in [0.5, 0.6) is 0 Å². The van der Waals surface area contributed by atoms with Crippen LogP contribution in [0.3, 0.4) is 0 Å². The third kappa shape index (κ3) is 3.74. The topological polar surface area (TPSA) is 29.3 Å². The Balaban J connectivity index is 1.84. The molecule has 100 valence electrons. The first-order valence-corrected chi connectivity index (χ1v) is 7.87. The molecule has 0 bridgehead atoms. The number of thioether (sulfide) groups is 1. The van der Waals surface area contributed by atoms with Crippen molar-refractivity contribution in [2.45, 2.75) is 31.6 Å². The van der Waals surface area contributed by atoms with Crippen LogP contribution in [0.25, 0.3) is 0 Å². The Kier molecular flexibility index (Phi) is 5.10. The van der Waals surface area contributed by atoms with E-state index < -0.39 is 0 Å².